The molecule has 0 saturated carbocycles. The molecule has 2 rings (SSSR count). The quantitative estimate of drug-likeness (QED) is 0.848. The van der Waals surface area contributed by atoms with Gasteiger partial charge in [-0.15, -0.1) is 0 Å². The average molecular weight is 287 g/mol. The van der Waals surface area contributed by atoms with Gasteiger partial charge in [0.2, 0.25) is 0 Å². The smallest absolute Gasteiger partial charge is 0.410 e. The van der Waals surface area contributed by atoms with Crippen LogP contribution in [0.15, 0.2) is 0 Å². The minimum atomic E-state index is -1.70. The molecule has 6 heteroatoms. The summed E-state index contributed by atoms with van der Waals surface area (Å²) in [4.78, 5) is 24.6. The highest BCUT2D eigenvalue weighted by atomic mass is 19.1. The van der Waals surface area contributed by atoms with E-state index in [9.17, 15) is 14.0 Å². The minimum absolute atomic E-state index is 0.0923. The largest absolute Gasteiger partial charge is 0.481 e. The van der Waals surface area contributed by atoms with Gasteiger partial charge in [0.1, 0.15) is 11.3 Å². The number of carbonyl (C=O) groups is 2. The lowest BCUT2D eigenvalue weighted by Gasteiger charge is -2.42. The van der Waals surface area contributed by atoms with E-state index in [1.54, 1.807) is 25.7 Å². The van der Waals surface area contributed by atoms with Gasteiger partial charge in [-0.25, -0.2) is 9.18 Å². The second kappa shape index (κ2) is 4.90. The number of hydrogen-bond donors (Lipinski definition) is 1. The number of halogens is 1. The maximum atomic E-state index is 14.6. The van der Waals surface area contributed by atoms with Crippen molar-refractivity contribution in [1.29, 1.82) is 0 Å². The Hall–Kier alpha value is -1.33. The summed E-state index contributed by atoms with van der Waals surface area (Å²) in [6.45, 7) is 5.38. The van der Waals surface area contributed by atoms with Crippen LogP contribution in [0, 0.1) is 0 Å². The summed E-state index contributed by atoms with van der Waals surface area (Å²) >= 11 is 0. The molecule has 1 N–H and O–H groups in total. The second-order valence-electron chi connectivity index (χ2n) is 6.90. The first-order valence-corrected chi connectivity index (χ1v) is 7.02. The standard InChI is InChI=1S/C14H22FNO4/c1-13(2,3)20-12(19)16-9-4-5-10(16)7-14(15,6-9)8-11(17)18/h9-10H,4-8H2,1-3H3,(H,17,18). The van der Waals surface area contributed by atoms with Crippen LogP contribution in [0.1, 0.15) is 52.9 Å². The van der Waals surface area contributed by atoms with Crippen LogP contribution in [-0.4, -0.2) is 45.4 Å². The van der Waals surface area contributed by atoms with Crippen LogP contribution in [0.25, 0.3) is 0 Å². The Morgan fingerprint density at radius 1 is 1.30 bits per heavy atom. The summed E-state index contributed by atoms with van der Waals surface area (Å²) in [5.74, 6) is -1.13. The molecule has 2 fully saturated rings. The fourth-order valence-electron chi connectivity index (χ4n) is 3.32. The maximum Gasteiger partial charge on any atom is 0.410 e. The van der Waals surface area contributed by atoms with Crippen LogP contribution in [-0.2, 0) is 9.53 Å². The molecular weight excluding hydrogens is 265 g/mol. The number of piperidine rings is 1. The van der Waals surface area contributed by atoms with Gasteiger partial charge < -0.3 is 14.7 Å². The molecule has 2 bridgehead atoms. The average Bonchev–Trinajstić information content (AvgIpc) is 2.48. The molecule has 2 unspecified atom stereocenters. The van der Waals surface area contributed by atoms with Crippen molar-refractivity contribution in [1.82, 2.24) is 4.90 Å². The summed E-state index contributed by atoms with van der Waals surface area (Å²) in [6, 6.07) is -0.485. The predicted octanol–water partition coefficient (Wildman–Crippen LogP) is 2.73. The van der Waals surface area contributed by atoms with E-state index < -0.39 is 29.8 Å². The van der Waals surface area contributed by atoms with Gasteiger partial charge >= 0.3 is 12.1 Å². The molecule has 114 valence electrons. The molecule has 0 aromatic heterocycles. The Labute approximate surface area is 118 Å². The van der Waals surface area contributed by atoms with Crippen molar-refractivity contribution in [3.63, 3.8) is 0 Å². The fourth-order valence-corrected chi connectivity index (χ4v) is 3.32. The molecular formula is C14H22FNO4. The lowest BCUT2D eigenvalue weighted by atomic mass is 9.85. The lowest BCUT2D eigenvalue weighted by molar-refractivity contribution is -0.141. The number of fused-ring (bicyclic) bond motifs is 2. The molecule has 0 aromatic carbocycles. The maximum absolute atomic E-state index is 14.6. The fraction of sp³-hybridized carbons (Fsp3) is 0.857. The first-order chi connectivity index (χ1) is 9.10. The number of ether oxygens (including phenoxy) is 1. The number of carboxylic acids is 1. The first-order valence-electron chi connectivity index (χ1n) is 7.02. The molecule has 0 radical (unpaired) electrons. The second-order valence-corrected chi connectivity index (χ2v) is 6.90. The van der Waals surface area contributed by atoms with Gasteiger partial charge in [0.25, 0.3) is 0 Å². The zero-order chi connectivity index (χ0) is 15.1. The van der Waals surface area contributed by atoms with Crippen molar-refractivity contribution in [2.45, 2.75) is 76.2 Å². The number of amides is 1. The number of aliphatic carboxylic acids is 1. The van der Waals surface area contributed by atoms with Crippen molar-refractivity contribution in [2.75, 3.05) is 0 Å². The zero-order valence-electron chi connectivity index (χ0n) is 12.2. The molecule has 20 heavy (non-hydrogen) atoms. The van der Waals surface area contributed by atoms with Gasteiger partial charge in [0.05, 0.1) is 6.42 Å². The van der Waals surface area contributed by atoms with Gasteiger partial charge in [-0.1, -0.05) is 0 Å². The molecule has 2 heterocycles. The number of rotatable bonds is 2. The molecule has 1 amide bonds. The van der Waals surface area contributed by atoms with Gasteiger partial charge in [0, 0.05) is 24.9 Å². The van der Waals surface area contributed by atoms with E-state index in [2.05, 4.69) is 0 Å². The Bertz CT molecular complexity index is 404. The van der Waals surface area contributed by atoms with E-state index in [4.69, 9.17) is 9.84 Å². The Morgan fingerprint density at radius 2 is 1.80 bits per heavy atom. The summed E-state index contributed by atoms with van der Waals surface area (Å²) in [6.07, 6.45) is 0.721. The van der Waals surface area contributed by atoms with Gasteiger partial charge in [-0.3, -0.25) is 4.79 Å². The van der Waals surface area contributed by atoms with Crippen molar-refractivity contribution in [3.8, 4) is 0 Å². The molecule has 2 atom stereocenters. The molecule has 2 aliphatic heterocycles. The number of carboxylic acid groups (broad SMARTS) is 1. The third-order valence-corrected chi connectivity index (χ3v) is 3.90. The number of alkyl halides is 1. The number of hydrogen-bond acceptors (Lipinski definition) is 3. The summed E-state index contributed by atoms with van der Waals surface area (Å²) in [5, 5.41) is 8.81. The summed E-state index contributed by atoms with van der Waals surface area (Å²) in [7, 11) is 0. The van der Waals surface area contributed by atoms with Crippen molar-refractivity contribution in [2.24, 2.45) is 0 Å². The van der Waals surface area contributed by atoms with Gasteiger partial charge in [-0.05, 0) is 33.6 Å². The van der Waals surface area contributed by atoms with E-state index >= 15 is 0 Å². The normalized spacial score (nSPS) is 33.1. The summed E-state index contributed by atoms with van der Waals surface area (Å²) in [5.41, 5.74) is -2.28. The van der Waals surface area contributed by atoms with Gasteiger partial charge in [-0.2, -0.15) is 0 Å². The van der Waals surface area contributed by atoms with E-state index in [1.165, 1.54) is 0 Å². The van der Waals surface area contributed by atoms with E-state index in [1.807, 2.05) is 0 Å². The molecule has 2 saturated heterocycles. The van der Waals surface area contributed by atoms with Crippen LogP contribution in [0.5, 0.6) is 0 Å². The first kappa shape index (κ1) is 15.1. The third-order valence-electron chi connectivity index (χ3n) is 3.90. The van der Waals surface area contributed by atoms with Crippen LogP contribution in [0.4, 0.5) is 9.18 Å². The van der Waals surface area contributed by atoms with E-state index in [0.717, 1.165) is 12.8 Å². The number of nitrogens with zero attached hydrogens (tertiary/aromatic N) is 1. The van der Waals surface area contributed by atoms with Crippen molar-refractivity contribution >= 4 is 12.1 Å². The van der Waals surface area contributed by atoms with Crippen LogP contribution >= 0.6 is 0 Å². The van der Waals surface area contributed by atoms with Crippen molar-refractivity contribution < 1.29 is 23.8 Å². The van der Waals surface area contributed by atoms with E-state index in [-0.39, 0.29) is 24.9 Å². The lowest BCUT2D eigenvalue weighted by Crippen LogP contribution is -2.53. The minimum Gasteiger partial charge on any atom is -0.481 e. The van der Waals surface area contributed by atoms with E-state index in [0.29, 0.717) is 0 Å². The molecule has 2 aliphatic rings. The molecule has 5 nitrogen and oxygen atoms in total. The van der Waals surface area contributed by atoms with Crippen LogP contribution < -0.4 is 0 Å². The molecule has 0 aliphatic carbocycles. The molecule has 0 spiro atoms. The predicted molar refractivity (Wildman–Crippen MR) is 70.2 cm³/mol. The highest BCUT2D eigenvalue weighted by Gasteiger charge is 2.52. The molecule has 0 aromatic rings. The Morgan fingerprint density at radius 3 is 2.20 bits per heavy atom. The Kier molecular flexibility index (Phi) is 3.69. The topological polar surface area (TPSA) is 66.8 Å². The monoisotopic (exact) mass is 287 g/mol. The van der Waals surface area contributed by atoms with Crippen LogP contribution in [0.3, 0.4) is 0 Å². The number of carbonyl (C=O) groups excluding carboxylic acids is 1. The third kappa shape index (κ3) is 3.22. The summed E-state index contributed by atoms with van der Waals surface area (Å²) < 4.78 is 19.9. The zero-order valence-corrected chi connectivity index (χ0v) is 12.2. The highest BCUT2D eigenvalue weighted by Crippen LogP contribution is 2.44. The Balaban J connectivity index is 2.07. The SMILES string of the molecule is CC(C)(C)OC(=O)N1C2CCC1CC(F)(CC(=O)O)C2. The van der Waals surface area contributed by atoms with Gasteiger partial charge in [0.15, 0.2) is 0 Å². The van der Waals surface area contributed by atoms with Crippen LogP contribution in [0.2, 0.25) is 0 Å². The highest BCUT2D eigenvalue weighted by molar-refractivity contribution is 5.71. The van der Waals surface area contributed by atoms with Crippen molar-refractivity contribution in [3.05, 3.63) is 0 Å².